The van der Waals surface area contributed by atoms with E-state index < -0.39 is 0 Å². The highest BCUT2D eigenvalue weighted by Crippen LogP contribution is 2.14. The van der Waals surface area contributed by atoms with Crippen LogP contribution in [0.4, 0.5) is 0 Å². The van der Waals surface area contributed by atoms with Crippen LogP contribution in [-0.4, -0.2) is 61.3 Å². The molecule has 20 heavy (non-hydrogen) atoms. The van der Waals surface area contributed by atoms with Gasteiger partial charge in [-0.15, -0.1) is 0 Å². The van der Waals surface area contributed by atoms with Crippen LogP contribution in [0.5, 0.6) is 0 Å². The average Bonchev–Trinajstić information content (AvgIpc) is 2.44. The molecular weight excluding hydrogens is 260 g/mol. The number of nitrogens with zero attached hydrogens (tertiary/aromatic N) is 1. The molecule has 6 nitrogen and oxygen atoms in total. The Balaban J connectivity index is 2.09. The predicted octanol–water partition coefficient (Wildman–Crippen LogP) is 0.150. The van der Waals surface area contributed by atoms with Gasteiger partial charge in [0.1, 0.15) is 0 Å². The lowest BCUT2D eigenvalue weighted by Crippen LogP contribution is -2.43. The number of esters is 1. The maximum absolute atomic E-state index is 11.7. The summed E-state index contributed by atoms with van der Waals surface area (Å²) in [4.78, 5) is 24.9. The van der Waals surface area contributed by atoms with Gasteiger partial charge in [-0.1, -0.05) is 0 Å². The van der Waals surface area contributed by atoms with Gasteiger partial charge in [-0.25, -0.2) is 0 Å². The number of hydrogen-bond acceptors (Lipinski definition) is 5. The molecule has 1 saturated heterocycles. The van der Waals surface area contributed by atoms with Gasteiger partial charge in [0.2, 0.25) is 5.91 Å². The molecule has 1 rings (SSSR count). The SMILES string of the molecule is CCOC(=O)CCCNC(=O)CN1CCCC(CO)C1. The Labute approximate surface area is 120 Å². The molecule has 0 aromatic rings. The monoisotopic (exact) mass is 286 g/mol. The van der Waals surface area contributed by atoms with E-state index in [1.54, 1.807) is 6.92 Å². The zero-order chi connectivity index (χ0) is 14.8. The van der Waals surface area contributed by atoms with Gasteiger partial charge in [0.25, 0.3) is 0 Å². The van der Waals surface area contributed by atoms with Crippen molar-refractivity contribution >= 4 is 11.9 Å². The van der Waals surface area contributed by atoms with Gasteiger partial charge in [0.05, 0.1) is 13.2 Å². The Morgan fingerprint density at radius 3 is 2.95 bits per heavy atom. The van der Waals surface area contributed by atoms with Crippen LogP contribution in [0.3, 0.4) is 0 Å². The quantitative estimate of drug-likeness (QED) is 0.490. The lowest BCUT2D eigenvalue weighted by Gasteiger charge is -2.31. The van der Waals surface area contributed by atoms with Crippen LogP contribution in [0, 0.1) is 5.92 Å². The second-order valence-corrected chi connectivity index (χ2v) is 5.18. The lowest BCUT2D eigenvalue weighted by atomic mass is 9.99. The van der Waals surface area contributed by atoms with Crippen LogP contribution in [0.25, 0.3) is 0 Å². The summed E-state index contributed by atoms with van der Waals surface area (Å²) < 4.78 is 4.81. The van der Waals surface area contributed by atoms with Crippen molar-refractivity contribution in [2.75, 3.05) is 39.4 Å². The Morgan fingerprint density at radius 2 is 2.25 bits per heavy atom. The summed E-state index contributed by atoms with van der Waals surface area (Å²) in [5.41, 5.74) is 0. The number of piperidine rings is 1. The molecule has 0 spiro atoms. The first-order chi connectivity index (χ1) is 9.65. The van der Waals surface area contributed by atoms with Crippen molar-refractivity contribution in [3.05, 3.63) is 0 Å². The molecule has 1 amide bonds. The van der Waals surface area contributed by atoms with Crippen molar-refractivity contribution in [3.63, 3.8) is 0 Å². The van der Waals surface area contributed by atoms with Crippen LogP contribution in [0.15, 0.2) is 0 Å². The summed E-state index contributed by atoms with van der Waals surface area (Å²) in [5, 5.41) is 12.0. The van der Waals surface area contributed by atoms with Crippen molar-refractivity contribution in [1.29, 1.82) is 0 Å². The number of ether oxygens (including phenoxy) is 1. The van der Waals surface area contributed by atoms with Gasteiger partial charge < -0.3 is 15.2 Å². The molecule has 0 aromatic heterocycles. The minimum atomic E-state index is -0.219. The smallest absolute Gasteiger partial charge is 0.305 e. The molecule has 1 atom stereocenters. The van der Waals surface area contributed by atoms with E-state index in [2.05, 4.69) is 10.2 Å². The molecule has 1 aliphatic rings. The third-order valence-corrected chi connectivity index (χ3v) is 3.41. The number of carbonyl (C=O) groups is 2. The maximum atomic E-state index is 11.7. The predicted molar refractivity (Wildman–Crippen MR) is 75.1 cm³/mol. The van der Waals surface area contributed by atoms with E-state index in [1.807, 2.05) is 0 Å². The van der Waals surface area contributed by atoms with E-state index >= 15 is 0 Å². The van der Waals surface area contributed by atoms with Gasteiger partial charge in [0.15, 0.2) is 0 Å². The van der Waals surface area contributed by atoms with Crippen molar-refractivity contribution < 1.29 is 19.4 Å². The first-order valence-electron chi connectivity index (χ1n) is 7.41. The summed E-state index contributed by atoms with van der Waals surface area (Å²) >= 11 is 0. The lowest BCUT2D eigenvalue weighted by molar-refractivity contribution is -0.143. The average molecular weight is 286 g/mol. The molecular formula is C14H26N2O4. The molecule has 6 heteroatoms. The van der Waals surface area contributed by atoms with Crippen LogP contribution in [0.1, 0.15) is 32.6 Å². The Morgan fingerprint density at radius 1 is 1.45 bits per heavy atom. The van der Waals surface area contributed by atoms with Crippen molar-refractivity contribution in [2.45, 2.75) is 32.6 Å². The number of likely N-dealkylation sites (tertiary alicyclic amines) is 1. The Hall–Kier alpha value is -1.14. The van der Waals surface area contributed by atoms with Crippen LogP contribution < -0.4 is 5.32 Å². The molecule has 1 fully saturated rings. The fourth-order valence-corrected chi connectivity index (χ4v) is 2.40. The summed E-state index contributed by atoms with van der Waals surface area (Å²) in [6, 6.07) is 0. The van der Waals surface area contributed by atoms with Crippen LogP contribution in [-0.2, 0) is 14.3 Å². The molecule has 1 heterocycles. The summed E-state index contributed by atoms with van der Waals surface area (Å²) in [5.74, 6) is 0.0522. The molecule has 0 saturated carbocycles. The summed E-state index contributed by atoms with van der Waals surface area (Å²) in [6.45, 7) is 4.92. The van der Waals surface area contributed by atoms with Gasteiger partial charge in [0, 0.05) is 26.1 Å². The fraction of sp³-hybridized carbons (Fsp3) is 0.857. The van der Waals surface area contributed by atoms with E-state index in [4.69, 9.17) is 9.84 Å². The highest BCUT2D eigenvalue weighted by molar-refractivity contribution is 5.78. The van der Waals surface area contributed by atoms with Gasteiger partial charge in [-0.2, -0.15) is 0 Å². The number of aliphatic hydroxyl groups excluding tert-OH is 1. The van der Waals surface area contributed by atoms with Gasteiger partial charge >= 0.3 is 5.97 Å². The number of hydrogen-bond donors (Lipinski definition) is 2. The minimum absolute atomic E-state index is 0.0209. The van der Waals surface area contributed by atoms with Crippen molar-refractivity contribution in [2.24, 2.45) is 5.92 Å². The number of rotatable bonds is 8. The zero-order valence-corrected chi connectivity index (χ0v) is 12.3. The number of aliphatic hydroxyl groups is 1. The van der Waals surface area contributed by atoms with E-state index in [0.717, 1.165) is 25.9 Å². The minimum Gasteiger partial charge on any atom is -0.466 e. The van der Waals surface area contributed by atoms with Crippen LogP contribution >= 0.6 is 0 Å². The molecule has 1 aliphatic heterocycles. The van der Waals surface area contributed by atoms with E-state index in [-0.39, 0.29) is 18.5 Å². The van der Waals surface area contributed by atoms with Gasteiger partial charge in [-0.3, -0.25) is 14.5 Å². The summed E-state index contributed by atoms with van der Waals surface area (Å²) in [7, 11) is 0. The van der Waals surface area contributed by atoms with E-state index in [9.17, 15) is 9.59 Å². The molecule has 0 aromatic carbocycles. The van der Waals surface area contributed by atoms with Crippen molar-refractivity contribution in [1.82, 2.24) is 10.2 Å². The normalized spacial score (nSPS) is 19.6. The fourth-order valence-electron chi connectivity index (χ4n) is 2.40. The molecule has 2 N–H and O–H groups in total. The van der Waals surface area contributed by atoms with Gasteiger partial charge in [-0.05, 0) is 38.6 Å². The maximum Gasteiger partial charge on any atom is 0.305 e. The highest BCUT2D eigenvalue weighted by Gasteiger charge is 2.20. The first-order valence-corrected chi connectivity index (χ1v) is 7.41. The van der Waals surface area contributed by atoms with Crippen LogP contribution in [0.2, 0.25) is 0 Å². The Bertz CT molecular complexity index is 310. The molecule has 116 valence electrons. The standard InChI is InChI=1S/C14H26N2O4/c1-2-20-14(19)6-3-7-15-13(18)10-16-8-4-5-12(9-16)11-17/h12,17H,2-11H2,1H3,(H,15,18). The second-order valence-electron chi connectivity index (χ2n) is 5.18. The summed E-state index contributed by atoms with van der Waals surface area (Å²) in [6.07, 6.45) is 3.00. The molecule has 0 aliphatic carbocycles. The number of nitrogens with one attached hydrogen (secondary N) is 1. The van der Waals surface area contributed by atoms with E-state index in [1.165, 1.54) is 0 Å². The Kier molecular flexibility index (Phi) is 8.22. The van der Waals surface area contributed by atoms with E-state index in [0.29, 0.717) is 38.5 Å². The molecule has 0 bridgehead atoms. The molecule has 1 unspecified atom stereocenters. The molecule has 0 radical (unpaired) electrons. The topological polar surface area (TPSA) is 78.9 Å². The largest absolute Gasteiger partial charge is 0.466 e. The third kappa shape index (κ3) is 6.86. The highest BCUT2D eigenvalue weighted by atomic mass is 16.5. The third-order valence-electron chi connectivity index (χ3n) is 3.41. The first kappa shape index (κ1) is 16.9. The second kappa shape index (κ2) is 9.72. The van der Waals surface area contributed by atoms with Crippen molar-refractivity contribution in [3.8, 4) is 0 Å². The number of amides is 1. The zero-order valence-electron chi connectivity index (χ0n) is 12.3. The number of carbonyl (C=O) groups excluding carboxylic acids is 2.